The van der Waals surface area contributed by atoms with E-state index in [2.05, 4.69) is 102 Å². The highest BCUT2D eigenvalue weighted by Gasteiger charge is 2.14. The molecule has 0 unspecified atom stereocenters. The molecule has 0 atom stereocenters. The van der Waals surface area contributed by atoms with Crippen LogP contribution in [0.5, 0.6) is 0 Å². The van der Waals surface area contributed by atoms with Gasteiger partial charge in [0.25, 0.3) is 0 Å². The summed E-state index contributed by atoms with van der Waals surface area (Å²) < 4.78 is 0. The monoisotopic (exact) mass is 553 g/mol. The molecule has 0 amide bonds. The minimum absolute atomic E-state index is 0.611. The predicted molar refractivity (Wildman–Crippen MR) is 173 cm³/mol. The van der Waals surface area contributed by atoms with Gasteiger partial charge in [-0.1, -0.05) is 103 Å². The Hall–Kier alpha value is -5.81. The zero-order valence-electron chi connectivity index (χ0n) is 23.6. The molecule has 0 fully saturated rings. The van der Waals surface area contributed by atoms with Crippen molar-refractivity contribution in [2.75, 3.05) is 0 Å². The Balaban J connectivity index is 1.34. The minimum atomic E-state index is 0.611. The first-order valence-electron chi connectivity index (χ1n) is 14.1. The molecule has 43 heavy (non-hydrogen) atoms. The maximum absolute atomic E-state index is 4.99. The Morgan fingerprint density at radius 2 is 0.744 bits per heavy atom. The second-order valence-electron chi connectivity index (χ2n) is 10.4. The zero-order valence-corrected chi connectivity index (χ0v) is 23.6. The predicted octanol–water partition coefficient (Wildman–Crippen LogP) is 8.97. The van der Waals surface area contributed by atoms with Crippen LogP contribution in [-0.2, 0) is 0 Å². The molecule has 0 aliphatic heterocycles. The van der Waals surface area contributed by atoms with Crippen LogP contribution in [0.1, 0.15) is 5.56 Å². The van der Waals surface area contributed by atoms with Crippen molar-refractivity contribution in [1.82, 2.24) is 24.9 Å². The molecule has 0 saturated carbocycles. The highest BCUT2D eigenvalue weighted by Crippen LogP contribution is 2.30. The number of hydrogen-bond donors (Lipinski definition) is 0. The third-order valence-electron chi connectivity index (χ3n) is 7.39. The van der Waals surface area contributed by atoms with Crippen molar-refractivity contribution in [3.05, 3.63) is 152 Å². The second kappa shape index (κ2) is 11.6. The number of hydrogen-bond acceptors (Lipinski definition) is 5. The first kappa shape index (κ1) is 26.1. The lowest BCUT2D eigenvalue weighted by Crippen LogP contribution is -2.00. The Labute approximate surface area is 250 Å². The molecule has 4 aromatic carbocycles. The van der Waals surface area contributed by atoms with Crippen molar-refractivity contribution in [3.8, 4) is 67.5 Å². The van der Waals surface area contributed by atoms with E-state index in [9.17, 15) is 0 Å². The number of benzene rings is 4. The molecule has 0 spiro atoms. The normalized spacial score (nSPS) is 10.9. The summed E-state index contributed by atoms with van der Waals surface area (Å²) in [7, 11) is 0. The van der Waals surface area contributed by atoms with Gasteiger partial charge in [-0.05, 0) is 53.4 Å². The fourth-order valence-electron chi connectivity index (χ4n) is 5.06. The lowest BCUT2D eigenvalue weighted by atomic mass is 10.0. The Kier molecular flexibility index (Phi) is 7.04. The van der Waals surface area contributed by atoms with Crippen LogP contribution in [0, 0.1) is 6.92 Å². The summed E-state index contributed by atoms with van der Waals surface area (Å²) in [5, 5.41) is 0. The molecule has 0 bridgehead atoms. The standard InChI is InChI=1S/C38H27N5/c1-26-12-14-27(15-13-26)28-16-18-29(19-17-28)36-41-37(32-8-2-6-30(22-32)34-10-4-20-39-24-34)43-38(42-36)33-9-3-7-31(23-33)35-11-5-21-40-25-35/h2-25H,1H3. The van der Waals surface area contributed by atoms with Gasteiger partial charge in [-0.25, -0.2) is 15.0 Å². The topological polar surface area (TPSA) is 64.5 Å². The summed E-state index contributed by atoms with van der Waals surface area (Å²) in [4.78, 5) is 23.5. The molecule has 0 aliphatic rings. The number of pyridine rings is 2. The van der Waals surface area contributed by atoms with Crippen LogP contribution in [0.3, 0.4) is 0 Å². The second-order valence-corrected chi connectivity index (χ2v) is 10.4. The Morgan fingerprint density at radius 3 is 1.21 bits per heavy atom. The summed E-state index contributed by atoms with van der Waals surface area (Å²) in [6.07, 6.45) is 7.29. The van der Waals surface area contributed by atoms with Crippen molar-refractivity contribution in [3.63, 3.8) is 0 Å². The van der Waals surface area contributed by atoms with Crippen LogP contribution in [0.15, 0.2) is 146 Å². The smallest absolute Gasteiger partial charge is 0.164 e. The lowest BCUT2D eigenvalue weighted by Gasteiger charge is -2.11. The maximum Gasteiger partial charge on any atom is 0.164 e. The fraction of sp³-hybridized carbons (Fsp3) is 0.0263. The van der Waals surface area contributed by atoms with E-state index in [-0.39, 0.29) is 0 Å². The van der Waals surface area contributed by atoms with Crippen molar-refractivity contribution in [1.29, 1.82) is 0 Å². The van der Waals surface area contributed by atoms with Gasteiger partial charge in [0, 0.05) is 52.6 Å². The molecule has 5 heteroatoms. The van der Waals surface area contributed by atoms with Crippen LogP contribution < -0.4 is 0 Å². The van der Waals surface area contributed by atoms with Crippen LogP contribution in [0.25, 0.3) is 67.5 Å². The van der Waals surface area contributed by atoms with E-state index in [1.54, 1.807) is 12.4 Å². The molecule has 0 saturated heterocycles. The van der Waals surface area contributed by atoms with Crippen LogP contribution in [-0.4, -0.2) is 24.9 Å². The molecule has 7 rings (SSSR count). The number of rotatable bonds is 6. The van der Waals surface area contributed by atoms with Gasteiger partial charge >= 0.3 is 0 Å². The molecular weight excluding hydrogens is 526 g/mol. The molecule has 7 aromatic rings. The third-order valence-corrected chi connectivity index (χ3v) is 7.39. The average Bonchev–Trinajstić information content (AvgIpc) is 3.09. The molecule has 5 nitrogen and oxygen atoms in total. The highest BCUT2D eigenvalue weighted by molar-refractivity contribution is 5.75. The van der Waals surface area contributed by atoms with E-state index in [1.807, 2.05) is 48.8 Å². The summed E-state index contributed by atoms with van der Waals surface area (Å²) in [5.74, 6) is 1.84. The first-order chi connectivity index (χ1) is 21.2. The van der Waals surface area contributed by atoms with Crippen LogP contribution in [0.4, 0.5) is 0 Å². The summed E-state index contributed by atoms with van der Waals surface area (Å²) in [6.45, 7) is 2.10. The summed E-state index contributed by atoms with van der Waals surface area (Å²) in [6, 6.07) is 41.4. The van der Waals surface area contributed by atoms with Gasteiger partial charge in [-0.2, -0.15) is 0 Å². The zero-order chi connectivity index (χ0) is 29.0. The van der Waals surface area contributed by atoms with E-state index >= 15 is 0 Å². The molecule has 3 aromatic heterocycles. The number of aryl methyl sites for hydroxylation is 1. The number of nitrogens with zero attached hydrogens (tertiary/aromatic N) is 5. The van der Waals surface area contributed by atoms with Gasteiger partial charge in [0.1, 0.15) is 0 Å². The molecule has 0 aliphatic carbocycles. The SMILES string of the molecule is Cc1ccc(-c2ccc(-c3nc(-c4cccc(-c5cccnc5)c4)nc(-c4cccc(-c5cccnc5)c4)n3)cc2)cc1. The largest absolute Gasteiger partial charge is 0.264 e. The van der Waals surface area contributed by atoms with E-state index in [0.29, 0.717) is 17.5 Å². The van der Waals surface area contributed by atoms with Gasteiger partial charge < -0.3 is 0 Å². The number of aromatic nitrogens is 5. The van der Waals surface area contributed by atoms with Crippen LogP contribution >= 0.6 is 0 Å². The van der Waals surface area contributed by atoms with Gasteiger partial charge in [-0.15, -0.1) is 0 Å². The van der Waals surface area contributed by atoms with E-state index < -0.39 is 0 Å². The minimum Gasteiger partial charge on any atom is -0.264 e. The summed E-state index contributed by atoms with van der Waals surface area (Å²) in [5.41, 5.74) is 10.5. The quantitative estimate of drug-likeness (QED) is 0.206. The molecule has 204 valence electrons. The van der Waals surface area contributed by atoms with Gasteiger partial charge in [-0.3, -0.25) is 9.97 Å². The van der Waals surface area contributed by atoms with E-state index in [4.69, 9.17) is 15.0 Å². The van der Waals surface area contributed by atoms with Crippen molar-refractivity contribution in [2.24, 2.45) is 0 Å². The first-order valence-corrected chi connectivity index (χ1v) is 14.1. The molecule has 0 N–H and O–H groups in total. The molecular formula is C38H27N5. The molecule has 3 heterocycles. The average molecular weight is 554 g/mol. The van der Waals surface area contributed by atoms with Crippen molar-refractivity contribution >= 4 is 0 Å². The Bertz CT molecular complexity index is 1900. The highest BCUT2D eigenvalue weighted by atomic mass is 15.0. The van der Waals surface area contributed by atoms with E-state index in [0.717, 1.165) is 44.5 Å². The van der Waals surface area contributed by atoms with Gasteiger partial charge in [0.15, 0.2) is 17.5 Å². The fourth-order valence-corrected chi connectivity index (χ4v) is 5.06. The summed E-state index contributed by atoms with van der Waals surface area (Å²) >= 11 is 0. The van der Waals surface area contributed by atoms with Crippen LogP contribution in [0.2, 0.25) is 0 Å². The van der Waals surface area contributed by atoms with E-state index in [1.165, 1.54) is 11.1 Å². The van der Waals surface area contributed by atoms with Crippen molar-refractivity contribution < 1.29 is 0 Å². The molecule has 0 radical (unpaired) electrons. The van der Waals surface area contributed by atoms with Gasteiger partial charge in [0.05, 0.1) is 0 Å². The third kappa shape index (κ3) is 5.69. The maximum atomic E-state index is 4.99. The van der Waals surface area contributed by atoms with Crippen molar-refractivity contribution in [2.45, 2.75) is 6.92 Å². The van der Waals surface area contributed by atoms with Gasteiger partial charge in [0.2, 0.25) is 0 Å². The Morgan fingerprint density at radius 1 is 0.349 bits per heavy atom. The lowest BCUT2D eigenvalue weighted by molar-refractivity contribution is 1.07.